The summed E-state index contributed by atoms with van der Waals surface area (Å²) in [4.78, 5) is 0. The molecule has 0 aliphatic carbocycles. The summed E-state index contributed by atoms with van der Waals surface area (Å²) in [5, 5.41) is 0. The number of hydrogen-bond acceptors (Lipinski definition) is 1. The number of halogens is 12. The van der Waals surface area contributed by atoms with Gasteiger partial charge in [0, 0.05) is 0 Å². The van der Waals surface area contributed by atoms with Gasteiger partial charge in [-0.25, -0.2) is 13.5 Å². The van der Waals surface area contributed by atoms with Crippen LogP contribution in [0.2, 0.25) is 0 Å². The van der Waals surface area contributed by atoms with E-state index < -0.39 is 61.6 Å². The summed E-state index contributed by atoms with van der Waals surface area (Å²) in [6.45, 7) is 2.32. The number of alkyl halides is 12. The molecule has 164 valence electrons. The molecular formula is C14H18F12O. The normalized spacial score (nSPS) is 18.9. The summed E-state index contributed by atoms with van der Waals surface area (Å²) in [7, 11) is 0. The zero-order valence-corrected chi connectivity index (χ0v) is 14.2. The molecule has 0 radical (unpaired) electrons. The van der Waals surface area contributed by atoms with E-state index in [4.69, 9.17) is 0 Å². The third-order valence-corrected chi connectivity index (χ3v) is 3.83. The molecule has 0 fully saturated rings. The molecule has 0 aromatic heterocycles. The number of hydrogen-bond donors (Lipinski definition) is 0. The number of unbranched alkanes of at least 4 members (excludes halogenated alkanes) is 2. The third-order valence-electron chi connectivity index (χ3n) is 3.83. The molecule has 0 spiro atoms. The molecule has 0 heterocycles. The summed E-state index contributed by atoms with van der Waals surface area (Å²) >= 11 is 0. The molecule has 0 aromatic rings. The fourth-order valence-electron chi connectivity index (χ4n) is 2.07. The largest absolute Gasteiger partial charge is 0.431 e. The van der Waals surface area contributed by atoms with Crippen LogP contribution in [0.25, 0.3) is 0 Å². The third kappa shape index (κ3) is 5.14. The molecular weight excluding hydrogens is 412 g/mol. The minimum absolute atomic E-state index is 0.277. The molecule has 0 N–H and O–H groups in total. The highest BCUT2D eigenvalue weighted by molar-refractivity contribution is 5.00. The van der Waals surface area contributed by atoms with Crippen LogP contribution < -0.4 is 0 Å². The van der Waals surface area contributed by atoms with Crippen molar-refractivity contribution in [1.29, 1.82) is 0 Å². The van der Waals surface area contributed by atoms with Gasteiger partial charge in [-0.05, 0) is 25.7 Å². The van der Waals surface area contributed by atoms with Crippen LogP contribution in [0.1, 0.15) is 52.4 Å². The van der Waals surface area contributed by atoms with Crippen molar-refractivity contribution in [1.82, 2.24) is 0 Å². The maximum Gasteiger partial charge on any atom is 0.431 e. The first-order valence-electron chi connectivity index (χ1n) is 7.80. The second-order valence-corrected chi connectivity index (χ2v) is 5.94. The van der Waals surface area contributed by atoms with Gasteiger partial charge >= 0.3 is 24.6 Å². The van der Waals surface area contributed by atoms with E-state index in [9.17, 15) is 52.7 Å². The van der Waals surface area contributed by atoms with Crippen LogP contribution in [0.3, 0.4) is 0 Å². The predicted octanol–water partition coefficient (Wildman–Crippen LogP) is 7.11. The van der Waals surface area contributed by atoms with E-state index >= 15 is 0 Å². The lowest BCUT2D eigenvalue weighted by Crippen LogP contribution is -2.64. The average Bonchev–Trinajstić information content (AvgIpc) is 2.46. The van der Waals surface area contributed by atoms with E-state index in [-0.39, 0.29) is 12.8 Å². The summed E-state index contributed by atoms with van der Waals surface area (Å²) in [6.07, 6.45) is -32.4. The standard InChI is InChI=1S/C14H18F12O/c1-3-5-7-9(15,11(17,18)19)13(23,24)27-14(25,26)10(16,8-6-4-2)12(20,21)22/h3-8H2,1-2H3. The molecule has 13 heteroatoms. The first-order chi connectivity index (χ1) is 11.8. The van der Waals surface area contributed by atoms with E-state index in [1.807, 2.05) is 0 Å². The van der Waals surface area contributed by atoms with Gasteiger partial charge in [-0.15, -0.1) is 0 Å². The Morgan fingerprint density at radius 1 is 0.519 bits per heavy atom. The highest BCUT2D eigenvalue weighted by atomic mass is 19.4. The second kappa shape index (κ2) is 8.24. The summed E-state index contributed by atoms with van der Waals surface area (Å²) < 4.78 is 162. The van der Waals surface area contributed by atoms with E-state index in [1.165, 1.54) is 0 Å². The molecule has 2 atom stereocenters. The SMILES string of the molecule is CCCCC(F)(C(F)(F)F)C(F)(F)OC(F)(F)C(F)(CCCC)C(F)(F)F. The fraction of sp³-hybridized carbons (Fsp3) is 1.00. The zero-order chi connectivity index (χ0) is 21.9. The Hall–Kier alpha value is -0.880. The monoisotopic (exact) mass is 430 g/mol. The van der Waals surface area contributed by atoms with Crippen molar-refractivity contribution in [2.24, 2.45) is 0 Å². The second-order valence-electron chi connectivity index (χ2n) is 5.94. The molecule has 0 saturated heterocycles. The molecule has 0 saturated carbocycles. The molecule has 0 rings (SSSR count). The van der Waals surface area contributed by atoms with Crippen molar-refractivity contribution in [3.05, 3.63) is 0 Å². The van der Waals surface area contributed by atoms with Gasteiger partial charge in [0.2, 0.25) is 0 Å². The lowest BCUT2D eigenvalue weighted by atomic mass is 9.94. The quantitative estimate of drug-likeness (QED) is 0.336. The maximum absolute atomic E-state index is 14.0. The van der Waals surface area contributed by atoms with Crippen molar-refractivity contribution in [2.75, 3.05) is 0 Å². The van der Waals surface area contributed by atoms with E-state index in [0.717, 1.165) is 13.8 Å². The molecule has 1 nitrogen and oxygen atoms in total. The Morgan fingerprint density at radius 2 is 0.778 bits per heavy atom. The van der Waals surface area contributed by atoms with Crippen LogP contribution in [-0.4, -0.2) is 35.9 Å². The summed E-state index contributed by atoms with van der Waals surface area (Å²) in [5.74, 6) is 0. The number of ether oxygens (including phenoxy) is 1. The molecule has 0 bridgehead atoms. The zero-order valence-electron chi connectivity index (χ0n) is 14.2. The van der Waals surface area contributed by atoms with Crippen molar-refractivity contribution in [3.63, 3.8) is 0 Å². The van der Waals surface area contributed by atoms with Crippen LogP contribution in [-0.2, 0) is 4.74 Å². The summed E-state index contributed by atoms with van der Waals surface area (Å²) in [5.41, 5.74) is -11.5. The highest BCUT2D eigenvalue weighted by Crippen LogP contribution is 2.55. The van der Waals surface area contributed by atoms with Gasteiger partial charge in [-0.1, -0.05) is 26.7 Å². The van der Waals surface area contributed by atoms with E-state index in [1.54, 1.807) is 0 Å². The van der Waals surface area contributed by atoms with Gasteiger partial charge in [0.1, 0.15) is 0 Å². The molecule has 0 aliphatic heterocycles. The van der Waals surface area contributed by atoms with Crippen molar-refractivity contribution in [3.8, 4) is 0 Å². The van der Waals surface area contributed by atoms with Gasteiger partial charge in [0.25, 0.3) is 11.3 Å². The summed E-state index contributed by atoms with van der Waals surface area (Å²) in [6, 6.07) is 0. The van der Waals surface area contributed by atoms with Crippen LogP contribution in [0.4, 0.5) is 52.7 Å². The molecule has 0 amide bonds. The fourth-order valence-corrected chi connectivity index (χ4v) is 2.07. The molecule has 0 aliphatic rings. The smallest absolute Gasteiger partial charge is 0.250 e. The number of rotatable bonds is 10. The van der Waals surface area contributed by atoms with Crippen LogP contribution in [0, 0.1) is 0 Å². The van der Waals surface area contributed by atoms with Gasteiger partial charge < -0.3 is 0 Å². The maximum atomic E-state index is 14.0. The van der Waals surface area contributed by atoms with Crippen molar-refractivity contribution >= 4 is 0 Å². The van der Waals surface area contributed by atoms with Gasteiger partial charge in [-0.2, -0.15) is 43.9 Å². The van der Waals surface area contributed by atoms with Gasteiger partial charge in [-0.3, -0.25) is 0 Å². The minimum atomic E-state index is -6.49. The Morgan fingerprint density at radius 3 is 0.963 bits per heavy atom. The first-order valence-corrected chi connectivity index (χ1v) is 7.80. The Kier molecular flexibility index (Phi) is 7.97. The Balaban J connectivity index is 6.07. The topological polar surface area (TPSA) is 9.23 Å². The van der Waals surface area contributed by atoms with E-state index in [2.05, 4.69) is 4.74 Å². The van der Waals surface area contributed by atoms with Crippen LogP contribution in [0.15, 0.2) is 0 Å². The average molecular weight is 430 g/mol. The predicted molar refractivity (Wildman–Crippen MR) is 69.8 cm³/mol. The van der Waals surface area contributed by atoms with Crippen molar-refractivity contribution in [2.45, 2.75) is 88.3 Å². The van der Waals surface area contributed by atoms with Gasteiger partial charge in [0.05, 0.1) is 0 Å². The van der Waals surface area contributed by atoms with Crippen LogP contribution >= 0.6 is 0 Å². The minimum Gasteiger partial charge on any atom is -0.250 e. The van der Waals surface area contributed by atoms with Gasteiger partial charge in [0.15, 0.2) is 0 Å². The molecule has 27 heavy (non-hydrogen) atoms. The van der Waals surface area contributed by atoms with Crippen LogP contribution in [0.5, 0.6) is 0 Å². The van der Waals surface area contributed by atoms with Crippen molar-refractivity contribution < 1.29 is 57.4 Å². The Labute approximate surface area is 147 Å². The Bertz CT molecular complexity index is 430. The lowest BCUT2D eigenvalue weighted by molar-refractivity contribution is -0.483. The molecule has 2 unspecified atom stereocenters. The first kappa shape index (κ1) is 26.1. The van der Waals surface area contributed by atoms with E-state index in [0.29, 0.717) is 0 Å². The highest BCUT2D eigenvalue weighted by Gasteiger charge is 2.79. The lowest BCUT2D eigenvalue weighted by Gasteiger charge is -2.40. The molecule has 0 aromatic carbocycles.